The fourth-order valence-corrected chi connectivity index (χ4v) is 0. The zero-order valence-electron chi connectivity index (χ0n) is 2.47. The summed E-state index contributed by atoms with van der Waals surface area (Å²) in [5, 5.41) is 0. The van der Waals surface area contributed by atoms with Crippen LogP contribution in [0.1, 0.15) is 0 Å². The van der Waals surface area contributed by atoms with E-state index in [9.17, 15) is 0 Å². The van der Waals surface area contributed by atoms with Gasteiger partial charge in [-0.15, -0.1) is 13.2 Å². The van der Waals surface area contributed by atoms with Crippen LogP contribution in [0.15, 0.2) is 13.2 Å². The van der Waals surface area contributed by atoms with Crippen LogP contribution in [0.4, 0.5) is 0 Å². The minimum Gasteiger partial charge on any atom is -0.106 e. The second-order valence-electron chi connectivity index (χ2n) is 0. The molecule has 0 aromatic rings. The fourth-order valence-electron chi connectivity index (χ4n) is 0. The summed E-state index contributed by atoms with van der Waals surface area (Å²) in [6, 6.07) is 0. The van der Waals surface area contributed by atoms with Crippen LogP contribution in [0, 0.1) is 0 Å². The van der Waals surface area contributed by atoms with E-state index in [4.69, 9.17) is 0 Å². The van der Waals surface area contributed by atoms with Gasteiger partial charge in [-0.05, 0) is 0 Å². The normalized spacial score (nSPS) is 1.00. The molecular formula is C2H4FeZn. The quantitative estimate of drug-likeness (QED) is 0.353. The van der Waals surface area contributed by atoms with Gasteiger partial charge >= 0.3 is 0 Å². The van der Waals surface area contributed by atoms with E-state index in [-0.39, 0.29) is 36.5 Å². The summed E-state index contributed by atoms with van der Waals surface area (Å²) in [4.78, 5) is 0. The van der Waals surface area contributed by atoms with Crippen molar-refractivity contribution >= 4 is 0 Å². The maximum atomic E-state index is 3.00. The summed E-state index contributed by atoms with van der Waals surface area (Å²) >= 11 is 0. The zero-order chi connectivity index (χ0) is 2.00. The first-order chi connectivity index (χ1) is 1.00. The van der Waals surface area contributed by atoms with Gasteiger partial charge < -0.3 is 0 Å². The van der Waals surface area contributed by atoms with Crippen molar-refractivity contribution in [3.63, 3.8) is 0 Å². The summed E-state index contributed by atoms with van der Waals surface area (Å²) in [6.07, 6.45) is 0. The van der Waals surface area contributed by atoms with Gasteiger partial charge in [0.1, 0.15) is 0 Å². The monoisotopic (exact) mass is 148 g/mol. The Hall–Kier alpha value is 0.883. The van der Waals surface area contributed by atoms with Gasteiger partial charge in [-0.1, -0.05) is 0 Å². The Morgan fingerprint density at radius 2 is 1.00 bits per heavy atom. The van der Waals surface area contributed by atoms with E-state index < -0.39 is 0 Å². The van der Waals surface area contributed by atoms with Crippen molar-refractivity contribution in [2.24, 2.45) is 0 Å². The molecule has 4 heavy (non-hydrogen) atoms. The molecule has 0 heterocycles. The molecule has 0 saturated heterocycles. The number of hydrogen-bond donors (Lipinski definition) is 0. The predicted molar refractivity (Wildman–Crippen MR) is 11.3 cm³/mol. The molecule has 22 valence electrons. The van der Waals surface area contributed by atoms with Crippen molar-refractivity contribution in [2.45, 2.75) is 0 Å². The topological polar surface area (TPSA) is 0 Å². The molecule has 0 aromatic heterocycles. The average Bonchev–Trinajstić information content (AvgIpc) is 1.00. The first kappa shape index (κ1) is 20.8. The van der Waals surface area contributed by atoms with Crippen molar-refractivity contribution in [1.29, 1.82) is 0 Å². The van der Waals surface area contributed by atoms with E-state index >= 15 is 0 Å². The molecule has 0 radical (unpaired) electrons. The molecule has 0 saturated carbocycles. The minimum absolute atomic E-state index is 0. The molecule has 2 heteroatoms. The number of rotatable bonds is 0. The van der Waals surface area contributed by atoms with Crippen LogP contribution in [0.5, 0.6) is 0 Å². The zero-order valence-corrected chi connectivity index (χ0v) is 6.55. The third-order valence-electron chi connectivity index (χ3n) is 0. The maximum absolute atomic E-state index is 3.00. The smallest absolute Gasteiger partial charge is 0 e. The van der Waals surface area contributed by atoms with E-state index in [1.54, 1.807) is 0 Å². The molecule has 0 nitrogen and oxygen atoms in total. The largest absolute Gasteiger partial charge is 0.106 e. The van der Waals surface area contributed by atoms with Gasteiger partial charge in [0.05, 0.1) is 0 Å². The Morgan fingerprint density at radius 1 is 1.00 bits per heavy atom. The van der Waals surface area contributed by atoms with Crippen molar-refractivity contribution in [1.82, 2.24) is 0 Å². The molecule has 0 N–H and O–H groups in total. The summed E-state index contributed by atoms with van der Waals surface area (Å²) in [5.41, 5.74) is 0. The first-order valence-corrected chi connectivity index (χ1v) is 0.500. The summed E-state index contributed by atoms with van der Waals surface area (Å²) in [5.74, 6) is 0. The van der Waals surface area contributed by atoms with E-state index in [1.807, 2.05) is 0 Å². The average molecular weight is 149 g/mol. The van der Waals surface area contributed by atoms with Crippen LogP contribution < -0.4 is 0 Å². The van der Waals surface area contributed by atoms with Crippen molar-refractivity contribution in [2.75, 3.05) is 0 Å². The summed E-state index contributed by atoms with van der Waals surface area (Å²) in [6.45, 7) is 6.00. The van der Waals surface area contributed by atoms with Crippen LogP contribution in [-0.2, 0) is 36.5 Å². The van der Waals surface area contributed by atoms with Crippen LogP contribution in [0.3, 0.4) is 0 Å². The Balaban J connectivity index is -0.00000000500. The molecule has 0 aromatic carbocycles. The van der Waals surface area contributed by atoms with Gasteiger partial charge in [-0.25, -0.2) is 0 Å². The van der Waals surface area contributed by atoms with Crippen molar-refractivity contribution < 1.29 is 36.5 Å². The van der Waals surface area contributed by atoms with Crippen molar-refractivity contribution in [3.05, 3.63) is 13.2 Å². The van der Waals surface area contributed by atoms with Gasteiger partial charge in [0, 0.05) is 36.5 Å². The second kappa shape index (κ2) is 41.4. The first-order valence-electron chi connectivity index (χ1n) is 0.500. The second-order valence-corrected chi connectivity index (χ2v) is 0. The maximum Gasteiger partial charge on any atom is 0 e. The molecule has 0 aliphatic rings. The molecule has 0 aliphatic carbocycles. The molecule has 0 spiro atoms. The standard InChI is InChI=1S/C2H4.Fe.Zn/c1-2;;/h1-2H2;;. The van der Waals surface area contributed by atoms with Gasteiger partial charge in [0.2, 0.25) is 0 Å². The molecule has 0 fully saturated rings. The predicted octanol–water partition coefficient (Wildman–Crippen LogP) is 0.797. The van der Waals surface area contributed by atoms with Crippen molar-refractivity contribution in [3.8, 4) is 0 Å². The molecule has 0 unspecified atom stereocenters. The van der Waals surface area contributed by atoms with E-state index in [0.717, 1.165) is 0 Å². The van der Waals surface area contributed by atoms with Gasteiger partial charge in [-0.3, -0.25) is 0 Å². The van der Waals surface area contributed by atoms with E-state index in [1.165, 1.54) is 0 Å². The molecule has 0 bridgehead atoms. The summed E-state index contributed by atoms with van der Waals surface area (Å²) in [7, 11) is 0. The Morgan fingerprint density at radius 3 is 1.00 bits per heavy atom. The van der Waals surface area contributed by atoms with Crippen LogP contribution in [-0.4, -0.2) is 0 Å². The fraction of sp³-hybridized carbons (Fsp3) is 0. The third-order valence-corrected chi connectivity index (χ3v) is 0. The Labute approximate surface area is 49.9 Å². The van der Waals surface area contributed by atoms with Crippen LogP contribution in [0.2, 0.25) is 0 Å². The van der Waals surface area contributed by atoms with Crippen LogP contribution >= 0.6 is 0 Å². The third kappa shape index (κ3) is 13.1. The van der Waals surface area contributed by atoms with Gasteiger partial charge in [0.25, 0.3) is 0 Å². The SMILES string of the molecule is C=C.[Fe].[Zn]. The van der Waals surface area contributed by atoms with E-state index in [0.29, 0.717) is 0 Å². The molecule has 0 aliphatic heterocycles. The number of hydrogen-bond acceptors (Lipinski definition) is 0. The minimum atomic E-state index is 0. The Kier molecular flexibility index (Phi) is 215. The molecular weight excluding hydrogens is 145 g/mol. The molecule has 0 amide bonds. The molecule has 0 atom stereocenters. The molecule has 0 rings (SSSR count). The van der Waals surface area contributed by atoms with Crippen LogP contribution in [0.25, 0.3) is 0 Å². The van der Waals surface area contributed by atoms with Gasteiger partial charge in [0.15, 0.2) is 0 Å². The Bertz CT molecular complexity index is 6.00. The summed E-state index contributed by atoms with van der Waals surface area (Å²) < 4.78 is 0. The van der Waals surface area contributed by atoms with E-state index in [2.05, 4.69) is 13.2 Å². The van der Waals surface area contributed by atoms with Gasteiger partial charge in [-0.2, -0.15) is 0 Å².